The summed E-state index contributed by atoms with van der Waals surface area (Å²) in [6.07, 6.45) is 2.01. The molecule has 0 aliphatic heterocycles. The van der Waals surface area contributed by atoms with Crippen LogP contribution in [0.25, 0.3) is 0 Å². The highest BCUT2D eigenvalue weighted by atomic mass is 35.5. The number of benzene rings is 1. The zero-order valence-corrected chi connectivity index (χ0v) is 11.8. The first-order chi connectivity index (χ1) is 9.11. The Morgan fingerprint density at radius 2 is 2.05 bits per heavy atom. The molecule has 0 fully saturated rings. The molecule has 0 saturated carbocycles. The Morgan fingerprint density at radius 3 is 2.68 bits per heavy atom. The second kappa shape index (κ2) is 6.33. The lowest BCUT2D eigenvalue weighted by molar-refractivity contribution is 0.545. The predicted octanol–water partition coefficient (Wildman–Crippen LogP) is 4.03. The Kier molecular flexibility index (Phi) is 4.75. The molecular weight excluding hydrogens is 286 g/mol. The first kappa shape index (κ1) is 14.3. The maximum Gasteiger partial charge on any atom is 0.126 e. The van der Waals surface area contributed by atoms with Crippen molar-refractivity contribution in [3.8, 4) is 0 Å². The van der Waals surface area contributed by atoms with Crippen LogP contribution in [0.5, 0.6) is 0 Å². The molecule has 19 heavy (non-hydrogen) atoms. The third kappa shape index (κ3) is 3.44. The van der Waals surface area contributed by atoms with Gasteiger partial charge in [0.1, 0.15) is 5.82 Å². The monoisotopic (exact) mass is 298 g/mol. The molecule has 1 heterocycles. The summed E-state index contributed by atoms with van der Waals surface area (Å²) >= 11 is 12.0. The Balaban J connectivity index is 2.28. The molecule has 2 rings (SSSR count). The minimum Gasteiger partial charge on any atom is -0.311 e. The van der Waals surface area contributed by atoms with E-state index in [2.05, 4.69) is 10.3 Å². The van der Waals surface area contributed by atoms with Crippen molar-refractivity contribution in [3.63, 3.8) is 0 Å². The Bertz CT molecular complexity index is 575. The topological polar surface area (TPSA) is 24.9 Å². The van der Waals surface area contributed by atoms with Gasteiger partial charge in [-0.15, -0.1) is 0 Å². The standard InChI is InChI=1S/C14H13Cl2FN2/c1-18-13(6-9-4-2-3-5-12(9)17)14-11(16)7-10(15)8-19-14/h2-5,7-8,13,18H,6H2,1H3. The van der Waals surface area contributed by atoms with Crippen LogP contribution in [-0.2, 0) is 6.42 Å². The zero-order valence-electron chi connectivity index (χ0n) is 10.3. The smallest absolute Gasteiger partial charge is 0.126 e. The van der Waals surface area contributed by atoms with Gasteiger partial charge in [0, 0.05) is 6.20 Å². The van der Waals surface area contributed by atoms with Crippen LogP contribution in [0.3, 0.4) is 0 Å². The van der Waals surface area contributed by atoms with E-state index in [-0.39, 0.29) is 11.9 Å². The lowest BCUT2D eigenvalue weighted by Gasteiger charge is -2.17. The van der Waals surface area contributed by atoms with Crippen LogP contribution < -0.4 is 5.32 Å². The highest BCUT2D eigenvalue weighted by Crippen LogP contribution is 2.26. The molecule has 1 aromatic heterocycles. The summed E-state index contributed by atoms with van der Waals surface area (Å²) < 4.78 is 13.7. The summed E-state index contributed by atoms with van der Waals surface area (Å²) in [6, 6.07) is 8.14. The molecule has 0 aliphatic carbocycles. The highest BCUT2D eigenvalue weighted by Gasteiger charge is 2.17. The molecule has 0 radical (unpaired) electrons. The molecule has 1 aromatic carbocycles. The van der Waals surface area contributed by atoms with Gasteiger partial charge in [-0.2, -0.15) is 0 Å². The number of likely N-dealkylation sites (N-methyl/N-ethyl adjacent to an activating group) is 1. The van der Waals surface area contributed by atoms with Gasteiger partial charge in [0.05, 0.1) is 21.8 Å². The van der Waals surface area contributed by atoms with E-state index in [1.54, 1.807) is 25.2 Å². The van der Waals surface area contributed by atoms with Crippen molar-refractivity contribution in [3.05, 3.63) is 63.6 Å². The molecule has 2 nitrogen and oxygen atoms in total. The first-order valence-electron chi connectivity index (χ1n) is 5.83. The lowest BCUT2D eigenvalue weighted by Crippen LogP contribution is -2.21. The van der Waals surface area contributed by atoms with Crippen LogP contribution in [0.15, 0.2) is 36.5 Å². The second-order valence-electron chi connectivity index (χ2n) is 4.16. The van der Waals surface area contributed by atoms with Crippen molar-refractivity contribution in [2.75, 3.05) is 7.05 Å². The van der Waals surface area contributed by atoms with E-state index in [0.717, 1.165) is 0 Å². The van der Waals surface area contributed by atoms with Gasteiger partial charge in [-0.3, -0.25) is 4.98 Å². The van der Waals surface area contributed by atoms with E-state index in [1.807, 2.05) is 6.07 Å². The molecule has 5 heteroatoms. The average molecular weight is 299 g/mol. The van der Waals surface area contributed by atoms with Gasteiger partial charge < -0.3 is 5.32 Å². The average Bonchev–Trinajstić information content (AvgIpc) is 2.39. The van der Waals surface area contributed by atoms with Gasteiger partial charge in [0.2, 0.25) is 0 Å². The van der Waals surface area contributed by atoms with Gasteiger partial charge >= 0.3 is 0 Å². The number of rotatable bonds is 4. The van der Waals surface area contributed by atoms with Crippen LogP contribution in [0.2, 0.25) is 10.0 Å². The summed E-state index contributed by atoms with van der Waals surface area (Å²) in [6.45, 7) is 0. The van der Waals surface area contributed by atoms with Crippen molar-refractivity contribution in [1.82, 2.24) is 10.3 Å². The minimum absolute atomic E-state index is 0.165. The molecule has 1 unspecified atom stereocenters. The van der Waals surface area contributed by atoms with Gasteiger partial charge in [-0.1, -0.05) is 41.4 Å². The molecule has 0 amide bonds. The number of nitrogens with one attached hydrogen (secondary N) is 1. The second-order valence-corrected chi connectivity index (χ2v) is 5.00. The van der Waals surface area contributed by atoms with Crippen molar-refractivity contribution in [2.24, 2.45) is 0 Å². The van der Waals surface area contributed by atoms with E-state index >= 15 is 0 Å². The Labute approximate surface area is 121 Å². The Hall–Kier alpha value is -1.16. The highest BCUT2D eigenvalue weighted by molar-refractivity contribution is 6.34. The molecule has 0 bridgehead atoms. The fraction of sp³-hybridized carbons (Fsp3) is 0.214. The number of halogens is 3. The van der Waals surface area contributed by atoms with Crippen molar-refractivity contribution >= 4 is 23.2 Å². The van der Waals surface area contributed by atoms with Gasteiger partial charge in [0.25, 0.3) is 0 Å². The number of hydrogen-bond acceptors (Lipinski definition) is 2. The van der Waals surface area contributed by atoms with Gasteiger partial charge in [0.15, 0.2) is 0 Å². The third-order valence-electron chi connectivity index (χ3n) is 2.90. The Morgan fingerprint density at radius 1 is 1.32 bits per heavy atom. The van der Waals surface area contributed by atoms with E-state index in [0.29, 0.717) is 27.7 Å². The minimum atomic E-state index is -0.229. The number of pyridine rings is 1. The van der Waals surface area contributed by atoms with Crippen LogP contribution in [0.4, 0.5) is 4.39 Å². The summed E-state index contributed by atoms with van der Waals surface area (Å²) in [5.41, 5.74) is 1.28. The molecule has 1 atom stereocenters. The largest absolute Gasteiger partial charge is 0.311 e. The molecular formula is C14H13Cl2FN2. The molecule has 100 valence electrons. The fourth-order valence-corrected chi connectivity index (χ4v) is 2.41. The normalized spacial score (nSPS) is 12.4. The molecule has 1 N–H and O–H groups in total. The first-order valence-corrected chi connectivity index (χ1v) is 6.59. The summed E-state index contributed by atoms with van der Waals surface area (Å²) in [7, 11) is 1.79. The molecule has 2 aromatic rings. The third-order valence-corrected chi connectivity index (χ3v) is 3.41. The maximum absolute atomic E-state index is 13.7. The van der Waals surface area contributed by atoms with Crippen LogP contribution in [-0.4, -0.2) is 12.0 Å². The van der Waals surface area contributed by atoms with Crippen LogP contribution >= 0.6 is 23.2 Å². The van der Waals surface area contributed by atoms with E-state index < -0.39 is 0 Å². The quantitative estimate of drug-likeness (QED) is 0.922. The molecule has 0 spiro atoms. The lowest BCUT2D eigenvalue weighted by atomic mass is 10.0. The van der Waals surface area contributed by atoms with Crippen molar-refractivity contribution in [1.29, 1.82) is 0 Å². The van der Waals surface area contributed by atoms with E-state index in [4.69, 9.17) is 23.2 Å². The molecule has 0 saturated heterocycles. The van der Waals surface area contributed by atoms with E-state index in [9.17, 15) is 4.39 Å². The number of nitrogens with zero attached hydrogens (tertiary/aromatic N) is 1. The van der Waals surface area contributed by atoms with Crippen LogP contribution in [0.1, 0.15) is 17.3 Å². The number of aromatic nitrogens is 1. The summed E-state index contributed by atoms with van der Waals surface area (Å²) in [5, 5.41) is 4.05. The number of hydrogen-bond donors (Lipinski definition) is 1. The van der Waals surface area contributed by atoms with Crippen LogP contribution in [0, 0.1) is 5.82 Å². The van der Waals surface area contributed by atoms with Crippen molar-refractivity contribution < 1.29 is 4.39 Å². The van der Waals surface area contributed by atoms with Gasteiger partial charge in [-0.05, 0) is 31.2 Å². The van der Waals surface area contributed by atoms with Crippen molar-refractivity contribution in [2.45, 2.75) is 12.5 Å². The SMILES string of the molecule is CNC(Cc1ccccc1F)c1ncc(Cl)cc1Cl. The van der Waals surface area contributed by atoms with Gasteiger partial charge in [-0.25, -0.2) is 4.39 Å². The fourth-order valence-electron chi connectivity index (χ4n) is 1.90. The molecule has 0 aliphatic rings. The maximum atomic E-state index is 13.7. The van der Waals surface area contributed by atoms with E-state index in [1.165, 1.54) is 12.3 Å². The predicted molar refractivity (Wildman–Crippen MR) is 76.2 cm³/mol. The summed E-state index contributed by atoms with van der Waals surface area (Å²) in [5.74, 6) is -0.229. The zero-order chi connectivity index (χ0) is 13.8. The summed E-state index contributed by atoms with van der Waals surface area (Å²) in [4.78, 5) is 4.23.